The van der Waals surface area contributed by atoms with Crippen molar-refractivity contribution >= 4 is 11.9 Å². The van der Waals surface area contributed by atoms with E-state index in [1.54, 1.807) is 6.92 Å². The van der Waals surface area contributed by atoms with Crippen molar-refractivity contribution in [1.29, 1.82) is 0 Å². The molecule has 28 heavy (non-hydrogen) atoms. The van der Waals surface area contributed by atoms with Crippen LogP contribution in [0.5, 0.6) is 0 Å². The standard InChI is InChI=1S/C23H42O5/c1-12-18(17(24)13-16(4)14-27-19(25)15(2)3)28-20(26)23(11,21(5,6)7)22(8,9)10/h16-18,24H,2,12-14H2,1,3-11H3. The van der Waals surface area contributed by atoms with E-state index in [0.29, 0.717) is 18.4 Å². The first-order valence-corrected chi connectivity index (χ1v) is 10.2. The zero-order valence-corrected chi connectivity index (χ0v) is 19.6. The second-order valence-electron chi connectivity index (χ2n) is 10.3. The minimum atomic E-state index is -0.823. The van der Waals surface area contributed by atoms with Crippen LogP contribution in [0.3, 0.4) is 0 Å². The van der Waals surface area contributed by atoms with Crippen LogP contribution in [0.25, 0.3) is 0 Å². The maximum absolute atomic E-state index is 13.2. The molecule has 0 saturated carbocycles. The molecular weight excluding hydrogens is 356 g/mol. The van der Waals surface area contributed by atoms with Crippen LogP contribution in [0.2, 0.25) is 0 Å². The van der Waals surface area contributed by atoms with Gasteiger partial charge in [-0.2, -0.15) is 0 Å². The van der Waals surface area contributed by atoms with Gasteiger partial charge < -0.3 is 14.6 Å². The van der Waals surface area contributed by atoms with Gasteiger partial charge in [0.05, 0.1) is 18.1 Å². The summed E-state index contributed by atoms with van der Waals surface area (Å²) in [6.07, 6.45) is -0.542. The molecule has 3 atom stereocenters. The van der Waals surface area contributed by atoms with Gasteiger partial charge >= 0.3 is 11.9 Å². The number of hydrogen-bond donors (Lipinski definition) is 1. The van der Waals surface area contributed by atoms with E-state index in [1.807, 2.05) is 62.3 Å². The van der Waals surface area contributed by atoms with Gasteiger partial charge in [0.1, 0.15) is 6.10 Å². The Balaban J connectivity index is 5.14. The molecule has 0 aliphatic heterocycles. The number of carbonyl (C=O) groups is 2. The first kappa shape index (κ1) is 26.6. The number of aliphatic hydroxyl groups excluding tert-OH is 1. The van der Waals surface area contributed by atoms with Crippen LogP contribution in [-0.2, 0) is 19.1 Å². The third-order valence-corrected chi connectivity index (χ3v) is 5.99. The highest BCUT2D eigenvalue weighted by Gasteiger charge is 2.54. The molecule has 0 heterocycles. The van der Waals surface area contributed by atoms with E-state index in [-0.39, 0.29) is 29.3 Å². The summed E-state index contributed by atoms with van der Waals surface area (Å²) in [5.41, 5.74) is -1.00. The monoisotopic (exact) mass is 398 g/mol. The molecule has 0 radical (unpaired) electrons. The summed E-state index contributed by atoms with van der Waals surface area (Å²) in [5, 5.41) is 10.6. The lowest BCUT2D eigenvalue weighted by molar-refractivity contribution is -0.184. The van der Waals surface area contributed by atoms with Crippen molar-refractivity contribution < 1.29 is 24.2 Å². The van der Waals surface area contributed by atoms with Crippen LogP contribution < -0.4 is 0 Å². The van der Waals surface area contributed by atoms with Crippen LogP contribution in [0.15, 0.2) is 12.2 Å². The lowest BCUT2D eigenvalue weighted by Gasteiger charge is -2.49. The summed E-state index contributed by atoms with van der Waals surface area (Å²) in [7, 11) is 0. The molecule has 5 nitrogen and oxygen atoms in total. The predicted octanol–water partition coefficient (Wildman–Crippen LogP) is 4.91. The fourth-order valence-corrected chi connectivity index (χ4v) is 3.40. The van der Waals surface area contributed by atoms with Crippen LogP contribution >= 0.6 is 0 Å². The van der Waals surface area contributed by atoms with Crippen LogP contribution in [0.4, 0.5) is 0 Å². The Morgan fingerprint density at radius 1 is 1.04 bits per heavy atom. The molecule has 0 amide bonds. The van der Waals surface area contributed by atoms with Gasteiger partial charge in [0.15, 0.2) is 0 Å². The maximum Gasteiger partial charge on any atom is 0.333 e. The molecule has 0 fully saturated rings. The average Bonchev–Trinajstić information content (AvgIpc) is 2.53. The number of carbonyl (C=O) groups excluding carboxylic acids is 2. The topological polar surface area (TPSA) is 72.8 Å². The normalized spacial score (nSPS) is 16.1. The van der Waals surface area contributed by atoms with Gasteiger partial charge in [0, 0.05) is 5.57 Å². The Bertz CT molecular complexity index is 536. The molecule has 164 valence electrons. The molecule has 0 aromatic carbocycles. The zero-order chi connectivity index (χ0) is 22.5. The molecule has 0 bridgehead atoms. The molecular formula is C23H42O5. The molecule has 1 N–H and O–H groups in total. The summed E-state index contributed by atoms with van der Waals surface area (Å²) in [6.45, 7) is 23.3. The minimum Gasteiger partial charge on any atom is -0.462 e. The highest BCUT2D eigenvalue weighted by Crippen LogP contribution is 2.52. The van der Waals surface area contributed by atoms with E-state index in [1.165, 1.54) is 0 Å². The Morgan fingerprint density at radius 3 is 1.86 bits per heavy atom. The smallest absolute Gasteiger partial charge is 0.333 e. The van der Waals surface area contributed by atoms with Gasteiger partial charge in [-0.25, -0.2) is 4.79 Å². The van der Waals surface area contributed by atoms with Crippen molar-refractivity contribution in [2.24, 2.45) is 22.2 Å². The van der Waals surface area contributed by atoms with Crippen LogP contribution in [-0.4, -0.2) is 35.9 Å². The SMILES string of the molecule is C=C(C)C(=O)OCC(C)CC(O)C(CC)OC(=O)C(C)(C(C)(C)C)C(C)(C)C. The number of aliphatic hydroxyl groups is 1. The summed E-state index contributed by atoms with van der Waals surface area (Å²) < 4.78 is 11.0. The van der Waals surface area contributed by atoms with E-state index in [4.69, 9.17) is 9.47 Å². The largest absolute Gasteiger partial charge is 0.462 e. The third-order valence-electron chi connectivity index (χ3n) is 5.99. The highest BCUT2D eigenvalue weighted by atomic mass is 16.6. The number of hydrogen-bond acceptors (Lipinski definition) is 5. The quantitative estimate of drug-likeness (QED) is 0.441. The summed E-state index contributed by atoms with van der Waals surface area (Å²) in [5.74, 6) is -0.798. The van der Waals surface area contributed by atoms with Crippen LogP contribution in [0.1, 0.15) is 82.1 Å². The van der Waals surface area contributed by atoms with Gasteiger partial charge in [-0.05, 0) is 43.4 Å². The first-order chi connectivity index (χ1) is 12.5. The molecule has 0 aromatic rings. The molecule has 3 unspecified atom stereocenters. The van der Waals surface area contributed by atoms with E-state index in [2.05, 4.69) is 6.58 Å². The molecule has 0 rings (SSSR count). The van der Waals surface area contributed by atoms with E-state index in [9.17, 15) is 14.7 Å². The summed E-state index contributed by atoms with van der Waals surface area (Å²) in [6, 6.07) is 0. The molecule has 0 aliphatic carbocycles. The first-order valence-electron chi connectivity index (χ1n) is 10.2. The van der Waals surface area contributed by atoms with Gasteiger partial charge in [-0.1, -0.05) is 62.0 Å². The minimum absolute atomic E-state index is 0.0670. The van der Waals surface area contributed by atoms with E-state index < -0.39 is 23.6 Å². The van der Waals surface area contributed by atoms with Gasteiger partial charge in [-0.3, -0.25) is 4.79 Å². The Kier molecular flexibility index (Phi) is 9.43. The highest BCUT2D eigenvalue weighted by molar-refractivity contribution is 5.86. The molecule has 0 saturated heterocycles. The number of ether oxygens (including phenoxy) is 2. The lowest BCUT2D eigenvalue weighted by Crippen LogP contribution is -2.52. The van der Waals surface area contributed by atoms with Crippen molar-refractivity contribution in [3.63, 3.8) is 0 Å². The predicted molar refractivity (Wildman–Crippen MR) is 113 cm³/mol. The molecule has 0 aromatic heterocycles. The van der Waals surface area contributed by atoms with Crippen LogP contribution in [0, 0.1) is 22.2 Å². The lowest BCUT2D eigenvalue weighted by atomic mass is 9.55. The zero-order valence-electron chi connectivity index (χ0n) is 19.6. The maximum atomic E-state index is 13.2. The Hall–Kier alpha value is -1.36. The van der Waals surface area contributed by atoms with Gasteiger partial charge in [-0.15, -0.1) is 0 Å². The Labute approximate surface area is 171 Å². The Morgan fingerprint density at radius 2 is 1.50 bits per heavy atom. The molecule has 5 heteroatoms. The fourth-order valence-electron chi connectivity index (χ4n) is 3.40. The van der Waals surface area contributed by atoms with Crippen molar-refractivity contribution in [3.8, 4) is 0 Å². The molecule has 0 spiro atoms. The van der Waals surface area contributed by atoms with E-state index in [0.717, 1.165) is 0 Å². The number of rotatable bonds is 9. The third kappa shape index (κ3) is 6.61. The van der Waals surface area contributed by atoms with Crippen molar-refractivity contribution in [2.75, 3.05) is 6.61 Å². The summed E-state index contributed by atoms with van der Waals surface area (Å²) in [4.78, 5) is 24.7. The van der Waals surface area contributed by atoms with Gasteiger partial charge in [0.2, 0.25) is 0 Å². The van der Waals surface area contributed by atoms with Crippen molar-refractivity contribution in [3.05, 3.63) is 12.2 Å². The van der Waals surface area contributed by atoms with E-state index >= 15 is 0 Å². The van der Waals surface area contributed by atoms with Crippen molar-refractivity contribution in [2.45, 2.75) is 94.3 Å². The second-order valence-corrected chi connectivity index (χ2v) is 10.3. The van der Waals surface area contributed by atoms with Gasteiger partial charge in [0.25, 0.3) is 0 Å². The molecule has 0 aliphatic rings. The average molecular weight is 399 g/mol. The van der Waals surface area contributed by atoms with Crippen molar-refractivity contribution in [1.82, 2.24) is 0 Å². The fraction of sp³-hybridized carbons (Fsp3) is 0.826. The second kappa shape index (κ2) is 9.91. The number of esters is 2. The summed E-state index contributed by atoms with van der Waals surface area (Å²) >= 11 is 0.